The molecule has 0 aliphatic carbocycles. The summed E-state index contributed by atoms with van der Waals surface area (Å²) in [6, 6.07) is 16.5. The molecule has 0 amide bonds. The highest BCUT2D eigenvalue weighted by Crippen LogP contribution is 2.33. The molecule has 0 saturated carbocycles. The zero-order valence-electron chi connectivity index (χ0n) is 17.8. The molecule has 1 atom stereocenters. The lowest BCUT2D eigenvalue weighted by molar-refractivity contribution is 0.0247. The van der Waals surface area contributed by atoms with E-state index in [-0.39, 0.29) is 18.1 Å². The van der Waals surface area contributed by atoms with Gasteiger partial charge in [-0.2, -0.15) is 0 Å². The third-order valence-electron chi connectivity index (χ3n) is 5.09. The molecule has 0 spiro atoms. The Balaban J connectivity index is 1.44. The summed E-state index contributed by atoms with van der Waals surface area (Å²) in [7, 11) is 0. The summed E-state index contributed by atoms with van der Waals surface area (Å²) in [5, 5.41) is 8.62. The van der Waals surface area contributed by atoms with Gasteiger partial charge in [0.2, 0.25) is 0 Å². The molecule has 1 aliphatic rings. The van der Waals surface area contributed by atoms with Crippen molar-refractivity contribution in [2.24, 2.45) is 0 Å². The van der Waals surface area contributed by atoms with Crippen LogP contribution in [0.4, 0.5) is 0 Å². The van der Waals surface area contributed by atoms with Gasteiger partial charge in [0.05, 0.1) is 39.6 Å². The van der Waals surface area contributed by atoms with Crippen LogP contribution in [-0.2, 0) is 19.6 Å². The molecule has 0 bridgehead atoms. The first-order chi connectivity index (χ1) is 14.6. The Kier molecular flexibility index (Phi) is 8.51. The summed E-state index contributed by atoms with van der Waals surface area (Å²) < 4.78 is 27.2. The summed E-state index contributed by atoms with van der Waals surface area (Å²) in [6.45, 7) is 8.17. The van der Waals surface area contributed by atoms with Crippen LogP contribution in [0.3, 0.4) is 0 Å². The van der Waals surface area contributed by atoms with Gasteiger partial charge >= 0.3 is 0 Å². The van der Waals surface area contributed by atoms with Crippen LogP contribution in [0, 0.1) is 0 Å². The fourth-order valence-corrected chi connectivity index (χ4v) is 3.06. The van der Waals surface area contributed by atoms with Gasteiger partial charge in [0.25, 0.3) is 0 Å². The first kappa shape index (κ1) is 22.6. The van der Waals surface area contributed by atoms with Crippen molar-refractivity contribution in [1.29, 1.82) is 0 Å². The number of rotatable bonds is 14. The smallest absolute Gasteiger partial charge is 0.119 e. The molecular weight excluding hydrogens is 384 g/mol. The molecule has 164 valence electrons. The van der Waals surface area contributed by atoms with Crippen LogP contribution in [0.2, 0.25) is 0 Å². The molecule has 1 unspecified atom stereocenters. The number of hydrogen-bond acceptors (Lipinski definition) is 6. The van der Waals surface area contributed by atoms with E-state index in [4.69, 9.17) is 28.8 Å². The Bertz CT molecular complexity index is 737. The molecule has 1 aliphatic heterocycles. The van der Waals surface area contributed by atoms with Crippen molar-refractivity contribution in [2.75, 3.05) is 52.9 Å². The van der Waals surface area contributed by atoms with Gasteiger partial charge in [0.15, 0.2) is 0 Å². The molecule has 3 rings (SSSR count). The monoisotopic (exact) mass is 416 g/mol. The second-order valence-electron chi connectivity index (χ2n) is 7.74. The zero-order valence-corrected chi connectivity index (χ0v) is 17.8. The maximum atomic E-state index is 8.62. The highest BCUT2D eigenvalue weighted by molar-refractivity contribution is 5.41. The fourth-order valence-electron chi connectivity index (χ4n) is 3.06. The Morgan fingerprint density at radius 2 is 1.30 bits per heavy atom. The van der Waals surface area contributed by atoms with E-state index in [1.807, 2.05) is 24.3 Å². The molecule has 0 aromatic heterocycles. The molecular formula is C24H32O6. The van der Waals surface area contributed by atoms with Gasteiger partial charge in [0, 0.05) is 5.41 Å². The van der Waals surface area contributed by atoms with Gasteiger partial charge in [-0.3, -0.25) is 0 Å². The normalized spacial score (nSPS) is 15.8. The maximum Gasteiger partial charge on any atom is 0.119 e. The Morgan fingerprint density at radius 1 is 0.800 bits per heavy atom. The molecule has 1 heterocycles. The summed E-state index contributed by atoms with van der Waals surface area (Å²) >= 11 is 0. The van der Waals surface area contributed by atoms with Gasteiger partial charge in [-0.1, -0.05) is 38.1 Å². The Hall–Kier alpha value is -2.12. The standard InChI is InChI=1S/C24H32O6/c1-24(2,20-5-9-22(10-6-20)29-17-23-18-30-23)19-3-7-21(8-4-19)28-16-15-27-14-13-26-12-11-25/h3-10,23,25H,11-18H2,1-2H3. The molecule has 2 aromatic rings. The quantitative estimate of drug-likeness (QED) is 0.377. The van der Waals surface area contributed by atoms with Crippen LogP contribution < -0.4 is 9.47 Å². The molecule has 0 radical (unpaired) electrons. The number of hydrogen-bond donors (Lipinski definition) is 1. The summed E-state index contributed by atoms with van der Waals surface area (Å²) in [6.07, 6.45) is 0.263. The molecule has 1 saturated heterocycles. The number of epoxide rings is 1. The number of ether oxygens (including phenoxy) is 5. The van der Waals surface area contributed by atoms with Gasteiger partial charge in [0.1, 0.15) is 30.8 Å². The van der Waals surface area contributed by atoms with Crippen LogP contribution >= 0.6 is 0 Å². The van der Waals surface area contributed by atoms with Crippen molar-refractivity contribution in [1.82, 2.24) is 0 Å². The van der Waals surface area contributed by atoms with E-state index in [2.05, 4.69) is 38.1 Å². The summed E-state index contributed by atoms with van der Waals surface area (Å²) in [5.74, 6) is 1.69. The van der Waals surface area contributed by atoms with Crippen LogP contribution in [0.15, 0.2) is 48.5 Å². The van der Waals surface area contributed by atoms with Crippen LogP contribution in [0.25, 0.3) is 0 Å². The molecule has 6 nitrogen and oxygen atoms in total. The van der Waals surface area contributed by atoms with Gasteiger partial charge in [-0.05, 0) is 35.4 Å². The van der Waals surface area contributed by atoms with Gasteiger partial charge in [-0.15, -0.1) is 0 Å². The molecule has 30 heavy (non-hydrogen) atoms. The maximum absolute atomic E-state index is 8.62. The van der Waals surface area contributed by atoms with E-state index < -0.39 is 0 Å². The first-order valence-electron chi connectivity index (χ1n) is 10.4. The Morgan fingerprint density at radius 3 is 1.83 bits per heavy atom. The predicted molar refractivity (Wildman–Crippen MR) is 114 cm³/mol. The first-order valence-corrected chi connectivity index (χ1v) is 10.4. The SMILES string of the molecule is CC(C)(c1ccc(OCCOCCOCCO)cc1)c1ccc(OCC2CO2)cc1. The van der Waals surface area contributed by atoms with Crippen LogP contribution in [0.1, 0.15) is 25.0 Å². The summed E-state index contributed by atoms with van der Waals surface area (Å²) in [5.41, 5.74) is 2.31. The van der Waals surface area contributed by atoms with Crippen molar-refractivity contribution in [2.45, 2.75) is 25.4 Å². The average molecular weight is 417 g/mol. The van der Waals surface area contributed by atoms with E-state index in [0.717, 1.165) is 18.1 Å². The van der Waals surface area contributed by atoms with Gasteiger partial charge < -0.3 is 28.8 Å². The second-order valence-corrected chi connectivity index (χ2v) is 7.74. The second kappa shape index (κ2) is 11.3. The highest BCUT2D eigenvalue weighted by Gasteiger charge is 2.24. The third kappa shape index (κ3) is 6.99. The van der Waals surface area contributed by atoms with Crippen molar-refractivity contribution in [3.05, 3.63) is 59.7 Å². The number of aliphatic hydroxyl groups is 1. The van der Waals surface area contributed by atoms with Crippen molar-refractivity contribution in [3.63, 3.8) is 0 Å². The molecule has 2 aromatic carbocycles. The fraction of sp³-hybridized carbons (Fsp3) is 0.500. The highest BCUT2D eigenvalue weighted by atomic mass is 16.6. The number of benzene rings is 2. The van der Waals surface area contributed by atoms with Crippen LogP contribution in [-0.4, -0.2) is 64.1 Å². The van der Waals surface area contributed by atoms with E-state index in [9.17, 15) is 0 Å². The third-order valence-corrected chi connectivity index (χ3v) is 5.09. The van der Waals surface area contributed by atoms with E-state index in [1.54, 1.807) is 0 Å². The van der Waals surface area contributed by atoms with Crippen molar-refractivity contribution >= 4 is 0 Å². The predicted octanol–water partition coefficient (Wildman–Crippen LogP) is 3.19. The minimum atomic E-state index is -0.131. The van der Waals surface area contributed by atoms with Crippen molar-refractivity contribution in [3.8, 4) is 11.5 Å². The lowest BCUT2D eigenvalue weighted by Crippen LogP contribution is -2.18. The molecule has 6 heteroatoms. The van der Waals surface area contributed by atoms with E-state index >= 15 is 0 Å². The van der Waals surface area contributed by atoms with E-state index in [1.165, 1.54) is 11.1 Å². The zero-order chi connectivity index (χ0) is 21.2. The minimum absolute atomic E-state index is 0.0336. The summed E-state index contributed by atoms with van der Waals surface area (Å²) in [4.78, 5) is 0. The van der Waals surface area contributed by atoms with E-state index in [0.29, 0.717) is 39.6 Å². The average Bonchev–Trinajstić information content (AvgIpc) is 3.59. The lowest BCUT2D eigenvalue weighted by atomic mass is 9.78. The van der Waals surface area contributed by atoms with Crippen molar-refractivity contribution < 1.29 is 28.8 Å². The number of aliphatic hydroxyl groups excluding tert-OH is 1. The topological polar surface area (TPSA) is 69.7 Å². The van der Waals surface area contributed by atoms with Crippen LogP contribution in [0.5, 0.6) is 11.5 Å². The largest absolute Gasteiger partial charge is 0.491 e. The van der Waals surface area contributed by atoms with Gasteiger partial charge in [-0.25, -0.2) is 0 Å². The molecule has 1 N–H and O–H groups in total. The Labute approximate surface area is 178 Å². The molecule has 1 fully saturated rings. The lowest BCUT2D eigenvalue weighted by Gasteiger charge is -2.26. The minimum Gasteiger partial charge on any atom is -0.491 e.